The molecule has 0 radical (unpaired) electrons. The molecule has 0 saturated heterocycles. The van der Waals surface area contributed by atoms with Crippen molar-refractivity contribution in [3.8, 4) is 0 Å². The molecule has 0 aliphatic heterocycles. The summed E-state index contributed by atoms with van der Waals surface area (Å²) in [4.78, 5) is 2.37. The smallest absolute Gasteiger partial charge is 0.0343 e. The van der Waals surface area contributed by atoms with Gasteiger partial charge in [0.1, 0.15) is 0 Å². The van der Waals surface area contributed by atoms with Crippen molar-refractivity contribution >= 4 is 5.69 Å². The molecule has 0 heterocycles. The first-order chi connectivity index (χ1) is 7.54. The molecular weight excluding hydrogens is 196 g/mol. The Bertz CT molecular complexity index is 356. The van der Waals surface area contributed by atoms with Crippen molar-refractivity contribution in [2.24, 2.45) is 0 Å². The molecule has 0 spiro atoms. The minimum Gasteiger partial charge on any atom is -0.399 e. The van der Waals surface area contributed by atoms with Crippen molar-refractivity contribution < 1.29 is 0 Å². The number of hydrogen-bond donors (Lipinski definition) is 1. The molecule has 0 unspecified atom stereocenters. The fourth-order valence-electron chi connectivity index (χ4n) is 1.69. The maximum atomic E-state index is 5.81. The second-order valence-corrected chi connectivity index (χ2v) is 4.50. The lowest BCUT2D eigenvalue weighted by Crippen LogP contribution is -2.30. The van der Waals surface area contributed by atoms with E-state index in [9.17, 15) is 0 Å². The number of aryl methyl sites for hydroxylation is 1. The highest BCUT2D eigenvalue weighted by atomic mass is 15.1. The van der Waals surface area contributed by atoms with Gasteiger partial charge in [-0.25, -0.2) is 0 Å². The molecule has 88 valence electrons. The lowest BCUT2D eigenvalue weighted by molar-refractivity contribution is 0.237. The average Bonchev–Trinajstić information content (AvgIpc) is 2.22. The Balaban J connectivity index is 2.77. The van der Waals surface area contributed by atoms with Gasteiger partial charge in [-0.3, -0.25) is 4.90 Å². The molecular formula is C14H22N2. The number of hydrogen-bond acceptors (Lipinski definition) is 2. The van der Waals surface area contributed by atoms with Gasteiger partial charge in [0.05, 0.1) is 0 Å². The zero-order chi connectivity index (χ0) is 12.1. The van der Waals surface area contributed by atoms with Crippen molar-refractivity contribution in [1.29, 1.82) is 0 Å². The zero-order valence-electron chi connectivity index (χ0n) is 10.5. The van der Waals surface area contributed by atoms with Gasteiger partial charge in [-0.1, -0.05) is 18.2 Å². The van der Waals surface area contributed by atoms with Crippen LogP contribution in [-0.4, -0.2) is 17.5 Å². The minimum absolute atomic E-state index is 0.524. The summed E-state index contributed by atoms with van der Waals surface area (Å²) in [5.74, 6) is 0. The molecule has 0 aromatic heterocycles. The highest BCUT2D eigenvalue weighted by molar-refractivity contribution is 5.47. The number of nitrogen functional groups attached to an aromatic ring is 1. The Morgan fingerprint density at radius 3 is 2.62 bits per heavy atom. The highest BCUT2D eigenvalue weighted by Gasteiger charge is 2.08. The van der Waals surface area contributed by atoms with Crippen molar-refractivity contribution in [3.05, 3.63) is 42.0 Å². The number of anilines is 1. The van der Waals surface area contributed by atoms with Gasteiger partial charge in [0.2, 0.25) is 0 Å². The maximum absolute atomic E-state index is 5.81. The zero-order valence-corrected chi connectivity index (χ0v) is 10.5. The predicted molar refractivity (Wildman–Crippen MR) is 71.3 cm³/mol. The summed E-state index contributed by atoms with van der Waals surface area (Å²) >= 11 is 0. The van der Waals surface area contributed by atoms with Crippen molar-refractivity contribution in [1.82, 2.24) is 4.90 Å². The van der Waals surface area contributed by atoms with Gasteiger partial charge in [-0.2, -0.15) is 0 Å². The van der Waals surface area contributed by atoms with Crippen LogP contribution in [0.3, 0.4) is 0 Å². The third-order valence-electron chi connectivity index (χ3n) is 2.81. The number of nitrogens with two attached hydrogens (primary N) is 1. The highest BCUT2D eigenvalue weighted by Crippen LogP contribution is 2.15. The van der Waals surface area contributed by atoms with E-state index < -0.39 is 0 Å². The molecule has 16 heavy (non-hydrogen) atoms. The third-order valence-corrected chi connectivity index (χ3v) is 2.81. The molecule has 0 saturated carbocycles. The Labute approximate surface area is 98.8 Å². The summed E-state index contributed by atoms with van der Waals surface area (Å²) in [6, 6.07) is 6.77. The molecule has 0 bridgehead atoms. The summed E-state index contributed by atoms with van der Waals surface area (Å²) in [5, 5.41) is 0. The van der Waals surface area contributed by atoms with Crippen LogP contribution in [0, 0.1) is 6.92 Å². The molecule has 0 aliphatic carbocycles. The van der Waals surface area contributed by atoms with Crippen LogP contribution in [0.5, 0.6) is 0 Å². The van der Waals surface area contributed by atoms with Crippen LogP contribution in [0.25, 0.3) is 0 Å². The van der Waals surface area contributed by atoms with E-state index in [0.717, 1.165) is 24.3 Å². The Kier molecular flexibility index (Phi) is 4.56. The van der Waals surface area contributed by atoms with Gasteiger partial charge in [-0.05, 0) is 38.0 Å². The van der Waals surface area contributed by atoms with Gasteiger partial charge in [0.25, 0.3) is 0 Å². The van der Waals surface area contributed by atoms with Crippen LogP contribution in [0.1, 0.15) is 25.0 Å². The van der Waals surface area contributed by atoms with E-state index in [1.54, 1.807) is 0 Å². The average molecular weight is 218 g/mol. The van der Waals surface area contributed by atoms with Crippen LogP contribution in [0.4, 0.5) is 5.69 Å². The quantitative estimate of drug-likeness (QED) is 0.608. The van der Waals surface area contributed by atoms with E-state index in [-0.39, 0.29) is 0 Å². The van der Waals surface area contributed by atoms with E-state index in [2.05, 4.69) is 37.5 Å². The molecule has 0 aliphatic rings. The van der Waals surface area contributed by atoms with Crippen LogP contribution < -0.4 is 5.73 Å². The third kappa shape index (κ3) is 3.38. The van der Waals surface area contributed by atoms with Crippen molar-refractivity contribution in [2.45, 2.75) is 33.4 Å². The topological polar surface area (TPSA) is 29.3 Å². The SMILES string of the molecule is C=CCN(Cc1ccc(N)c(C)c1)C(C)C. The monoisotopic (exact) mass is 218 g/mol. The van der Waals surface area contributed by atoms with E-state index in [1.807, 2.05) is 19.1 Å². The molecule has 1 rings (SSSR count). The lowest BCUT2D eigenvalue weighted by Gasteiger charge is -2.25. The van der Waals surface area contributed by atoms with Crippen molar-refractivity contribution in [2.75, 3.05) is 12.3 Å². The van der Waals surface area contributed by atoms with Crippen molar-refractivity contribution in [3.63, 3.8) is 0 Å². The Hall–Kier alpha value is -1.28. The first-order valence-electron chi connectivity index (χ1n) is 5.74. The van der Waals surface area contributed by atoms with Gasteiger partial charge in [0, 0.05) is 24.8 Å². The second-order valence-electron chi connectivity index (χ2n) is 4.50. The first kappa shape index (κ1) is 12.8. The molecule has 2 N–H and O–H groups in total. The van der Waals surface area contributed by atoms with Gasteiger partial charge < -0.3 is 5.73 Å². The molecule has 2 heteroatoms. The van der Waals surface area contributed by atoms with E-state index in [0.29, 0.717) is 6.04 Å². The molecule has 1 aromatic carbocycles. The maximum Gasteiger partial charge on any atom is 0.0343 e. The van der Waals surface area contributed by atoms with Gasteiger partial charge in [0.15, 0.2) is 0 Å². The molecule has 0 atom stereocenters. The molecule has 0 fully saturated rings. The lowest BCUT2D eigenvalue weighted by atomic mass is 10.1. The summed E-state index contributed by atoms with van der Waals surface area (Å²) in [6.45, 7) is 12.1. The standard InChI is InChI=1S/C14H22N2/c1-5-8-16(11(2)3)10-13-6-7-14(15)12(4)9-13/h5-7,9,11H,1,8,10,15H2,2-4H3. The summed E-state index contributed by atoms with van der Waals surface area (Å²) < 4.78 is 0. The first-order valence-corrected chi connectivity index (χ1v) is 5.74. The second kappa shape index (κ2) is 5.71. The number of rotatable bonds is 5. The van der Waals surface area contributed by atoms with Gasteiger partial charge >= 0.3 is 0 Å². The Morgan fingerprint density at radius 2 is 2.12 bits per heavy atom. The predicted octanol–water partition coefficient (Wildman–Crippen LogP) is 2.97. The van der Waals surface area contributed by atoms with Crippen LogP contribution in [0.2, 0.25) is 0 Å². The molecule has 2 nitrogen and oxygen atoms in total. The van der Waals surface area contributed by atoms with E-state index in [4.69, 9.17) is 5.73 Å². The van der Waals surface area contributed by atoms with Gasteiger partial charge in [-0.15, -0.1) is 6.58 Å². The van der Waals surface area contributed by atoms with E-state index in [1.165, 1.54) is 5.56 Å². The largest absolute Gasteiger partial charge is 0.399 e. The normalized spacial score (nSPS) is 11.1. The van der Waals surface area contributed by atoms with Crippen LogP contribution in [0.15, 0.2) is 30.9 Å². The fourth-order valence-corrected chi connectivity index (χ4v) is 1.69. The summed E-state index contributed by atoms with van der Waals surface area (Å²) in [5.41, 5.74) is 9.13. The van der Waals surface area contributed by atoms with Crippen LogP contribution >= 0.6 is 0 Å². The minimum atomic E-state index is 0.524. The fraction of sp³-hybridized carbons (Fsp3) is 0.429. The van der Waals surface area contributed by atoms with Crippen LogP contribution in [-0.2, 0) is 6.54 Å². The number of benzene rings is 1. The Morgan fingerprint density at radius 1 is 1.44 bits per heavy atom. The summed E-state index contributed by atoms with van der Waals surface area (Å²) in [6.07, 6.45) is 1.95. The molecule has 0 amide bonds. The summed E-state index contributed by atoms with van der Waals surface area (Å²) in [7, 11) is 0. The number of nitrogens with zero attached hydrogens (tertiary/aromatic N) is 1. The van der Waals surface area contributed by atoms with E-state index >= 15 is 0 Å². The molecule has 1 aromatic rings.